The van der Waals surface area contributed by atoms with Crippen molar-refractivity contribution in [1.82, 2.24) is 4.98 Å². The summed E-state index contributed by atoms with van der Waals surface area (Å²) < 4.78 is 0. The molecule has 1 fully saturated rings. The maximum absolute atomic E-state index is 12.0. The van der Waals surface area contributed by atoms with E-state index in [9.17, 15) is 4.79 Å². The third-order valence-corrected chi connectivity index (χ3v) is 3.54. The highest BCUT2D eigenvalue weighted by Gasteiger charge is 2.18. The topological polar surface area (TPSA) is 62.1 Å². The van der Waals surface area contributed by atoms with Gasteiger partial charge in [0, 0.05) is 24.5 Å². The van der Waals surface area contributed by atoms with Crippen molar-refractivity contribution in [2.24, 2.45) is 5.73 Å². The summed E-state index contributed by atoms with van der Waals surface area (Å²) in [4.78, 5) is 17.1. The van der Waals surface area contributed by atoms with E-state index in [0.717, 1.165) is 42.5 Å². The van der Waals surface area contributed by atoms with Gasteiger partial charge < -0.3 is 15.6 Å². The van der Waals surface area contributed by atoms with Gasteiger partial charge in [-0.15, -0.1) is 0 Å². The molecule has 1 aliphatic rings. The molecule has 0 bridgehead atoms. The fourth-order valence-electron chi connectivity index (χ4n) is 2.60. The smallest absolute Gasteiger partial charge is 0.257 e. The van der Waals surface area contributed by atoms with Crippen molar-refractivity contribution >= 4 is 16.6 Å². The number of nitrogens with zero attached hydrogens (tertiary/aromatic N) is 1. The van der Waals surface area contributed by atoms with Gasteiger partial charge in [0.25, 0.3) is 5.56 Å². The van der Waals surface area contributed by atoms with Crippen molar-refractivity contribution in [3.63, 3.8) is 0 Å². The molecular formula is C14H17N3O. The standard InChI is InChI=1S/C14H17N3O/c15-11-5-3-7-17(9-11)13-8-10-4-1-2-6-12(10)14(18)16-13/h1-2,4,6,8,11H,3,5,7,9,15H2,(H,16,18). The van der Waals surface area contributed by atoms with Gasteiger partial charge >= 0.3 is 0 Å². The van der Waals surface area contributed by atoms with Crippen molar-refractivity contribution in [2.45, 2.75) is 18.9 Å². The predicted molar refractivity (Wildman–Crippen MR) is 74.0 cm³/mol. The number of hydrogen-bond donors (Lipinski definition) is 2. The summed E-state index contributed by atoms with van der Waals surface area (Å²) in [6, 6.07) is 9.89. The van der Waals surface area contributed by atoms with Gasteiger partial charge in [0.2, 0.25) is 0 Å². The van der Waals surface area contributed by atoms with Crippen LogP contribution in [0.15, 0.2) is 35.1 Å². The Kier molecular flexibility index (Phi) is 2.80. The molecule has 0 spiro atoms. The largest absolute Gasteiger partial charge is 0.357 e. The summed E-state index contributed by atoms with van der Waals surface area (Å²) in [5.41, 5.74) is 5.95. The van der Waals surface area contributed by atoms with E-state index in [2.05, 4.69) is 9.88 Å². The molecular weight excluding hydrogens is 226 g/mol. The highest BCUT2D eigenvalue weighted by molar-refractivity contribution is 5.83. The number of nitrogens with one attached hydrogen (secondary N) is 1. The summed E-state index contributed by atoms with van der Waals surface area (Å²) in [6.07, 6.45) is 2.14. The lowest BCUT2D eigenvalue weighted by molar-refractivity contribution is 0.503. The minimum absolute atomic E-state index is 0.0257. The van der Waals surface area contributed by atoms with E-state index in [0.29, 0.717) is 0 Å². The number of nitrogens with two attached hydrogens (primary N) is 1. The molecule has 1 atom stereocenters. The fourth-order valence-corrected chi connectivity index (χ4v) is 2.60. The van der Waals surface area contributed by atoms with E-state index in [1.165, 1.54) is 0 Å². The Morgan fingerprint density at radius 2 is 2.17 bits per heavy atom. The van der Waals surface area contributed by atoms with Crippen LogP contribution >= 0.6 is 0 Å². The molecule has 0 radical (unpaired) electrons. The lowest BCUT2D eigenvalue weighted by Crippen LogP contribution is -2.43. The average Bonchev–Trinajstić information content (AvgIpc) is 2.39. The Balaban J connectivity index is 2.04. The third kappa shape index (κ3) is 1.99. The van der Waals surface area contributed by atoms with Crippen LogP contribution in [0.4, 0.5) is 5.82 Å². The Bertz CT molecular complexity index is 620. The van der Waals surface area contributed by atoms with Gasteiger partial charge in [-0.3, -0.25) is 4.79 Å². The second kappa shape index (κ2) is 4.46. The van der Waals surface area contributed by atoms with Gasteiger partial charge in [0.05, 0.1) is 0 Å². The summed E-state index contributed by atoms with van der Waals surface area (Å²) >= 11 is 0. The van der Waals surface area contributed by atoms with Gasteiger partial charge in [-0.1, -0.05) is 18.2 Å². The molecule has 3 N–H and O–H groups in total. The molecule has 3 rings (SSSR count). The zero-order valence-corrected chi connectivity index (χ0v) is 10.2. The maximum Gasteiger partial charge on any atom is 0.257 e. The highest BCUT2D eigenvalue weighted by Crippen LogP contribution is 2.19. The molecule has 1 unspecified atom stereocenters. The molecule has 94 valence electrons. The van der Waals surface area contributed by atoms with Gasteiger partial charge in [0.1, 0.15) is 5.82 Å². The zero-order valence-electron chi connectivity index (χ0n) is 10.2. The van der Waals surface area contributed by atoms with Crippen LogP contribution in [0, 0.1) is 0 Å². The van der Waals surface area contributed by atoms with Gasteiger partial charge in [-0.2, -0.15) is 0 Å². The molecule has 0 aliphatic carbocycles. The minimum atomic E-state index is -0.0257. The summed E-state index contributed by atoms with van der Waals surface area (Å²) in [6.45, 7) is 1.77. The van der Waals surface area contributed by atoms with Crippen molar-refractivity contribution in [1.29, 1.82) is 0 Å². The number of piperidine rings is 1. The first-order chi connectivity index (χ1) is 8.74. The van der Waals surface area contributed by atoms with Crippen molar-refractivity contribution in [2.75, 3.05) is 18.0 Å². The zero-order chi connectivity index (χ0) is 12.5. The molecule has 18 heavy (non-hydrogen) atoms. The first-order valence-electron chi connectivity index (χ1n) is 6.36. The monoisotopic (exact) mass is 243 g/mol. The SMILES string of the molecule is NC1CCCN(c2cc3ccccc3c(=O)[nH]2)C1. The van der Waals surface area contributed by atoms with Crippen LogP contribution in [-0.4, -0.2) is 24.1 Å². The average molecular weight is 243 g/mol. The lowest BCUT2D eigenvalue weighted by Gasteiger charge is -2.32. The molecule has 4 heteroatoms. The molecule has 2 aromatic rings. The molecule has 2 heterocycles. The Morgan fingerprint density at radius 3 is 3.00 bits per heavy atom. The number of aromatic amines is 1. The van der Waals surface area contributed by atoms with Crippen LogP contribution in [0.2, 0.25) is 0 Å². The molecule has 1 aromatic carbocycles. The van der Waals surface area contributed by atoms with Gasteiger partial charge in [0.15, 0.2) is 0 Å². The lowest BCUT2D eigenvalue weighted by atomic mass is 10.1. The second-order valence-electron chi connectivity index (χ2n) is 4.92. The summed E-state index contributed by atoms with van der Waals surface area (Å²) in [7, 11) is 0. The summed E-state index contributed by atoms with van der Waals surface area (Å²) in [5.74, 6) is 0.883. The molecule has 1 aromatic heterocycles. The van der Waals surface area contributed by atoms with E-state index >= 15 is 0 Å². The molecule has 1 saturated heterocycles. The Morgan fingerprint density at radius 1 is 1.33 bits per heavy atom. The molecule has 0 amide bonds. The maximum atomic E-state index is 12.0. The van der Waals surface area contributed by atoms with Crippen molar-refractivity contribution in [3.05, 3.63) is 40.7 Å². The molecule has 1 aliphatic heterocycles. The predicted octanol–water partition coefficient (Wildman–Crippen LogP) is 1.46. The van der Waals surface area contributed by atoms with Crippen molar-refractivity contribution in [3.8, 4) is 0 Å². The minimum Gasteiger partial charge on any atom is -0.357 e. The first kappa shape index (κ1) is 11.3. The number of anilines is 1. The fraction of sp³-hybridized carbons (Fsp3) is 0.357. The Labute approximate surface area is 105 Å². The molecule has 0 saturated carbocycles. The number of hydrogen-bond acceptors (Lipinski definition) is 3. The number of fused-ring (bicyclic) bond motifs is 1. The van der Waals surface area contributed by atoms with E-state index < -0.39 is 0 Å². The highest BCUT2D eigenvalue weighted by atomic mass is 16.1. The normalized spacial score (nSPS) is 20.3. The number of benzene rings is 1. The van der Waals surface area contributed by atoms with Crippen LogP contribution in [0.25, 0.3) is 10.8 Å². The van der Waals surface area contributed by atoms with Gasteiger partial charge in [-0.05, 0) is 30.4 Å². The Hall–Kier alpha value is -1.81. The molecule has 4 nitrogen and oxygen atoms in total. The van der Waals surface area contributed by atoms with Gasteiger partial charge in [-0.25, -0.2) is 0 Å². The number of rotatable bonds is 1. The summed E-state index contributed by atoms with van der Waals surface area (Å²) in [5, 5.41) is 1.72. The van der Waals surface area contributed by atoms with E-state index in [1.807, 2.05) is 30.3 Å². The van der Waals surface area contributed by atoms with Crippen molar-refractivity contribution < 1.29 is 0 Å². The third-order valence-electron chi connectivity index (χ3n) is 3.54. The van der Waals surface area contributed by atoms with Crippen LogP contribution in [0.1, 0.15) is 12.8 Å². The van der Waals surface area contributed by atoms with Crippen LogP contribution in [0.3, 0.4) is 0 Å². The quantitative estimate of drug-likeness (QED) is 0.797. The number of aromatic nitrogens is 1. The number of pyridine rings is 1. The first-order valence-corrected chi connectivity index (χ1v) is 6.36. The van der Waals surface area contributed by atoms with E-state index in [-0.39, 0.29) is 11.6 Å². The van der Waals surface area contributed by atoms with E-state index in [4.69, 9.17) is 5.73 Å². The second-order valence-corrected chi connectivity index (χ2v) is 4.92. The van der Waals surface area contributed by atoms with Crippen LogP contribution in [-0.2, 0) is 0 Å². The van der Waals surface area contributed by atoms with Crippen LogP contribution < -0.4 is 16.2 Å². The van der Waals surface area contributed by atoms with E-state index in [1.54, 1.807) is 0 Å². The van der Waals surface area contributed by atoms with Crippen LogP contribution in [0.5, 0.6) is 0 Å². The number of H-pyrrole nitrogens is 1.